The second-order valence-electron chi connectivity index (χ2n) is 7.02. The number of carbonyl (C=O) groups is 1. The molecule has 134 valence electrons. The Labute approximate surface area is 141 Å². The van der Waals surface area contributed by atoms with Crippen molar-refractivity contribution in [3.8, 4) is 0 Å². The van der Waals surface area contributed by atoms with Crippen LogP contribution in [0.3, 0.4) is 0 Å². The minimum atomic E-state index is -4.36. The number of hydrazine groups is 1. The van der Waals surface area contributed by atoms with E-state index in [0.29, 0.717) is 12.8 Å². The van der Waals surface area contributed by atoms with E-state index in [0.717, 1.165) is 17.0 Å². The number of rotatable bonds is 6. The van der Waals surface area contributed by atoms with E-state index in [1.807, 2.05) is 31.2 Å². The predicted molar refractivity (Wildman–Crippen MR) is 87.2 cm³/mol. The van der Waals surface area contributed by atoms with Gasteiger partial charge in [0, 0.05) is 6.54 Å². The highest BCUT2D eigenvalue weighted by Crippen LogP contribution is 2.33. The van der Waals surface area contributed by atoms with Crippen LogP contribution in [0.5, 0.6) is 0 Å². The number of halogens is 3. The average Bonchev–Trinajstić information content (AvgIpc) is 2.76. The van der Waals surface area contributed by atoms with Crippen LogP contribution < -0.4 is 5.43 Å². The van der Waals surface area contributed by atoms with E-state index in [4.69, 9.17) is 0 Å². The summed E-state index contributed by atoms with van der Waals surface area (Å²) >= 11 is 0. The van der Waals surface area contributed by atoms with Crippen molar-refractivity contribution >= 4 is 5.91 Å². The quantitative estimate of drug-likeness (QED) is 0.851. The lowest BCUT2D eigenvalue weighted by atomic mass is 9.93. The topological polar surface area (TPSA) is 32.3 Å². The molecule has 2 rings (SSSR count). The summed E-state index contributed by atoms with van der Waals surface area (Å²) in [5, 5.41) is 1.06. The molecule has 0 radical (unpaired) electrons. The molecule has 1 amide bonds. The number of hydrogen-bond donors (Lipinski definition) is 1. The standard InChI is InChI=1S/C18H25F3N2O/c1-4-13-8-5-6-9-14(13)10-7-11-15(18(19,20)21)23-12-17(2,3)16(24)22-23/h5-6,8-9,15H,4,7,10-12H2,1-3H3,(H,22,24)/t15-/m0/s1. The summed E-state index contributed by atoms with van der Waals surface area (Å²) in [5.41, 5.74) is 3.88. The van der Waals surface area contributed by atoms with Gasteiger partial charge >= 0.3 is 6.18 Å². The van der Waals surface area contributed by atoms with Gasteiger partial charge in [-0.2, -0.15) is 13.2 Å². The highest BCUT2D eigenvalue weighted by atomic mass is 19.4. The zero-order valence-electron chi connectivity index (χ0n) is 14.4. The highest BCUT2D eigenvalue weighted by molar-refractivity contribution is 5.83. The van der Waals surface area contributed by atoms with Gasteiger partial charge in [-0.1, -0.05) is 31.2 Å². The van der Waals surface area contributed by atoms with E-state index in [1.165, 1.54) is 5.56 Å². The second kappa shape index (κ2) is 7.13. The minimum absolute atomic E-state index is 0.0299. The van der Waals surface area contributed by atoms with Gasteiger partial charge in [0.15, 0.2) is 0 Å². The van der Waals surface area contributed by atoms with Crippen molar-refractivity contribution in [2.45, 2.75) is 58.7 Å². The molecule has 1 aliphatic heterocycles. The molecule has 0 spiro atoms. The monoisotopic (exact) mass is 342 g/mol. The number of amides is 1. The van der Waals surface area contributed by atoms with Crippen molar-refractivity contribution in [2.24, 2.45) is 5.41 Å². The van der Waals surface area contributed by atoms with Crippen molar-refractivity contribution in [1.82, 2.24) is 10.4 Å². The van der Waals surface area contributed by atoms with Crippen LogP contribution in [0, 0.1) is 5.41 Å². The molecule has 0 aliphatic carbocycles. The van der Waals surface area contributed by atoms with Crippen LogP contribution in [-0.2, 0) is 17.6 Å². The molecule has 3 nitrogen and oxygen atoms in total. The first-order chi connectivity index (χ1) is 11.1. The van der Waals surface area contributed by atoms with Gasteiger partial charge in [-0.3, -0.25) is 10.2 Å². The molecule has 0 saturated carbocycles. The molecule has 1 aliphatic rings. The predicted octanol–water partition coefficient (Wildman–Crippen LogP) is 3.88. The van der Waals surface area contributed by atoms with Crippen LogP contribution in [0.2, 0.25) is 0 Å². The van der Waals surface area contributed by atoms with Crippen LogP contribution in [0.15, 0.2) is 24.3 Å². The lowest BCUT2D eigenvalue weighted by molar-refractivity contribution is -0.190. The van der Waals surface area contributed by atoms with Crippen molar-refractivity contribution < 1.29 is 18.0 Å². The summed E-state index contributed by atoms with van der Waals surface area (Å²) in [6.07, 6.45) is -2.49. The van der Waals surface area contributed by atoms with E-state index in [9.17, 15) is 18.0 Å². The molecule has 1 saturated heterocycles. The van der Waals surface area contributed by atoms with Crippen LogP contribution in [0.1, 0.15) is 44.7 Å². The smallest absolute Gasteiger partial charge is 0.288 e. The van der Waals surface area contributed by atoms with Crippen molar-refractivity contribution in [2.75, 3.05) is 6.54 Å². The number of hydrogen-bond acceptors (Lipinski definition) is 2. The SMILES string of the molecule is CCc1ccccc1CCC[C@H](N1CC(C)(C)C(=O)N1)C(F)(F)F. The normalized spacial score (nSPS) is 19.3. The number of benzene rings is 1. The molecule has 24 heavy (non-hydrogen) atoms. The van der Waals surface area contributed by atoms with E-state index < -0.39 is 17.6 Å². The summed E-state index contributed by atoms with van der Waals surface area (Å²) in [6.45, 7) is 5.43. The van der Waals surface area contributed by atoms with Gasteiger partial charge in [-0.15, -0.1) is 0 Å². The van der Waals surface area contributed by atoms with E-state index in [-0.39, 0.29) is 18.9 Å². The van der Waals surface area contributed by atoms with Gasteiger partial charge in [-0.05, 0) is 50.7 Å². The maximum Gasteiger partial charge on any atom is 0.405 e. The Balaban J connectivity index is 2.02. The summed E-state index contributed by atoms with van der Waals surface area (Å²) < 4.78 is 40.3. The van der Waals surface area contributed by atoms with Crippen molar-refractivity contribution in [1.29, 1.82) is 0 Å². The van der Waals surface area contributed by atoms with Gasteiger partial charge in [0.25, 0.3) is 0 Å². The fourth-order valence-electron chi connectivity index (χ4n) is 3.14. The summed E-state index contributed by atoms with van der Waals surface area (Å²) in [5.74, 6) is -0.354. The number of nitrogens with zero attached hydrogens (tertiary/aromatic N) is 1. The van der Waals surface area contributed by atoms with Crippen LogP contribution in [0.25, 0.3) is 0 Å². The maximum absolute atomic E-state index is 13.4. The van der Waals surface area contributed by atoms with Gasteiger partial charge in [-0.25, -0.2) is 5.01 Å². The largest absolute Gasteiger partial charge is 0.405 e. The molecular formula is C18H25F3N2O. The van der Waals surface area contributed by atoms with Crippen molar-refractivity contribution in [3.63, 3.8) is 0 Å². The Morgan fingerprint density at radius 2 is 1.88 bits per heavy atom. The zero-order chi connectivity index (χ0) is 18.0. The molecule has 6 heteroatoms. The van der Waals surface area contributed by atoms with E-state index in [1.54, 1.807) is 13.8 Å². The van der Waals surface area contributed by atoms with Gasteiger partial charge in [0.1, 0.15) is 6.04 Å². The number of nitrogens with one attached hydrogen (secondary N) is 1. The van der Waals surface area contributed by atoms with Crippen LogP contribution in [-0.4, -0.2) is 29.7 Å². The first kappa shape index (κ1) is 18.8. The molecule has 1 N–H and O–H groups in total. The minimum Gasteiger partial charge on any atom is -0.288 e. The number of carbonyl (C=O) groups excluding carboxylic acids is 1. The molecule has 1 fully saturated rings. The summed E-state index contributed by atoms with van der Waals surface area (Å²) in [4.78, 5) is 11.8. The lowest BCUT2D eigenvalue weighted by Gasteiger charge is -2.29. The molecule has 1 aromatic carbocycles. The van der Waals surface area contributed by atoms with Gasteiger partial charge < -0.3 is 0 Å². The van der Waals surface area contributed by atoms with E-state index in [2.05, 4.69) is 5.43 Å². The third-order valence-electron chi connectivity index (χ3n) is 4.60. The Hall–Kier alpha value is -1.56. The second-order valence-corrected chi connectivity index (χ2v) is 7.02. The van der Waals surface area contributed by atoms with E-state index >= 15 is 0 Å². The Bertz CT molecular complexity index is 584. The summed E-state index contributed by atoms with van der Waals surface area (Å²) in [6, 6.07) is 6.21. The first-order valence-corrected chi connectivity index (χ1v) is 8.36. The zero-order valence-corrected chi connectivity index (χ0v) is 14.4. The molecule has 1 aromatic rings. The first-order valence-electron chi connectivity index (χ1n) is 8.36. The highest BCUT2D eigenvalue weighted by Gasteiger charge is 2.49. The third kappa shape index (κ3) is 4.29. The molecule has 1 heterocycles. The average molecular weight is 342 g/mol. The Morgan fingerprint density at radius 1 is 1.25 bits per heavy atom. The lowest BCUT2D eigenvalue weighted by Crippen LogP contribution is -2.50. The fourth-order valence-corrected chi connectivity index (χ4v) is 3.14. The summed E-state index contributed by atoms with van der Waals surface area (Å²) in [7, 11) is 0. The third-order valence-corrected chi connectivity index (χ3v) is 4.60. The molecule has 1 atom stereocenters. The number of aryl methyl sites for hydroxylation is 2. The molecule has 0 bridgehead atoms. The number of alkyl halides is 3. The molecule has 0 unspecified atom stereocenters. The Morgan fingerprint density at radius 3 is 2.38 bits per heavy atom. The van der Waals surface area contributed by atoms with Crippen LogP contribution >= 0.6 is 0 Å². The van der Waals surface area contributed by atoms with Crippen LogP contribution in [0.4, 0.5) is 13.2 Å². The van der Waals surface area contributed by atoms with Gasteiger partial charge in [0.05, 0.1) is 5.41 Å². The molecule has 0 aromatic heterocycles. The molecular weight excluding hydrogens is 317 g/mol. The Kier molecular flexibility index (Phi) is 5.58. The maximum atomic E-state index is 13.4. The van der Waals surface area contributed by atoms with Gasteiger partial charge in [0.2, 0.25) is 5.91 Å². The fraction of sp³-hybridized carbons (Fsp3) is 0.611. The van der Waals surface area contributed by atoms with Crippen molar-refractivity contribution in [3.05, 3.63) is 35.4 Å².